The van der Waals surface area contributed by atoms with Gasteiger partial charge in [0.05, 0.1) is 18.7 Å². The molecule has 1 aromatic heterocycles. The van der Waals surface area contributed by atoms with Crippen molar-refractivity contribution in [2.75, 3.05) is 26.8 Å². The fourth-order valence-corrected chi connectivity index (χ4v) is 2.26. The normalized spacial score (nSPS) is 16.5. The Labute approximate surface area is 111 Å². The van der Waals surface area contributed by atoms with E-state index in [-0.39, 0.29) is 6.29 Å². The monoisotopic (exact) mass is 262 g/mol. The van der Waals surface area contributed by atoms with Crippen molar-refractivity contribution in [3.63, 3.8) is 0 Å². The second-order valence-electron chi connectivity index (χ2n) is 4.59. The zero-order valence-corrected chi connectivity index (χ0v) is 11.0. The Kier molecular flexibility index (Phi) is 3.72. The van der Waals surface area contributed by atoms with Crippen LogP contribution in [-0.4, -0.2) is 41.8 Å². The van der Waals surface area contributed by atoms with E-state index in [1.165, 1.54) is 0 Å². The summed E-state index contributed by atoms with van der Waals surface area (Å²) in [5.74, 6) is 0. The van der Waals surface area contributed by atoms with E-state index in [1.54, 1.807) is 0 Å². The number of nitrogens with one attached hydrogen (secondary N) is 1. The van der Waals surface area contributed by atoms with E-state index in [0.29, 0.717) is 13.2 Å². The van der Waals surface area contributed by atoms with Gasteiger partial charge in [0.15, 0.2) is 6.29 Å². The van der Waals surface area contributed by atoms with Crippen LogP contribution in [0.2, 0.25) is 0 Å². The van der Waals surface area contributed by atoms with Crippen molar-refractivity contribution in [3.05, 3.63) is 23.8 Å². The molecule has 0 spiro atoms. The van der Waals surface area contributed by atoms with Gasteiger partial charge in [0.25, 0.3) is 0 Å². The summed E-state index contributed by atoms with van der Waals surface area (Å²) in [5, 5.41) is 11.5. The smallest absolute Gasteiger partial charge is 0.184 e. The van der Waals surface area contributed by atoms with Gasteiger partial charge < -0.3 is 14.8 Å². The molecule has 1 saturated heterocycles. The molecule has 2 aromatic rings. The minimum atomic E-state index is -0.251. The highest BCUT2D eigenvalue weighted by molar-refractivity contribution is 5.75. The van der Waals surface area contributed by atoms with Gasteiger partial charge in [-0.15, -0.1) is 5.10 Å². The maximum atomic E-state index is 5.49. The van der Waals surface area contributed by atoms with E-state index in [1.807, 2.05) is 29.9 Å². The summed E-state index contributed by atoms with van der Waals surface area (Å²) in [6.07, 6.45) is 0.782. The van der Waals surface area contributed by atoms with Gasteiger partial charge in [-0.3, -0.25) is 0 Å². The summed E-state index contributed by atoms with van der Waals surface area (Å²) in [7, 11) is 1.95. The zero-order valence-electron chi connectivity index (χ0n) is 11.0. The van der Waals surface area contributed by atoms with E-state index in [2.05, 4.69) is 15.6 Å². The van der Waals surface area contributed by atoms with Crippen molar-refractivity contribution in [2.24, 2.45) is 0 Å². The molecule has 0 unspecified atom stereocenters. The molecule has 1 N–H and O–H groups in total. The van der Waals surface area contributed by atoms with Crippen molar-refractivity contribution in [1.82, 2.24) is 20.3 Å². The highest BCUT2D eigenvalue weighted by Crippen LogP contribution is 2.25. The maximum Gasteiger partial charge on any atom is 0.184 e. The van der Waals surface area contributed by atoms with E-state index in [9.17, 15) is 0 Å². The lowest BCUT2D eigenvalue weighted by Crippen LogP contribution is -2.11. The second-order valence-corrected chi connectivity index (χ2v) is 4.59. The highest BCUT2D eigenvalue weighted by atomic mass is 16.7. The Morgan fingerprint density at radius 3 is 3.00 bits per heavy atom. The Morgan fingerprint density at radius 2 is 2.21 bits per heavy atom. The number of benzene rings is 1. The molecule has 102 valence electrons. The van der Waals surface area contributed by atoms with Gasteiger partial charge in [-0.1, -0.05) is 11.3 Å². The average molecular weight is 262 g/mol. The Hall–Kier alpha value is -1.50. The SMILES string of the molecule is CNCCCn1nnc2cc(C3OCCO3)ccc21. The maximum absolute atomic E-state index is 5.49. The van der Waals surface area contributed by atoms with Gasteiger partial charge in [-0.05, 0) is 32.1 Å². The number of rotatable bonds is 5. The lowest BCUT2D eigenvalue weighted by atomic mass is 10.2. The van der Waals surface area contributed by atoms with Crippen molar-refractivity contribution in [2.45, 2.75) is 19.3 Å². The lowest BCUT2D eigenvalue weighted by molar-refractivity contribution is -0.0440. The van der Waals surface area contributed by atoms with Gasteiger partial charge in [-0.25, -0.2) is 4.68 Å². The summed E-state index contributed by atoms with van der Waals surface area (Å²) in [4.78, 5) is 0. The van der Waals surface area contributed by atoms with Gasteiger partial charge in [0, 0.05) is 12.1 Å². The fourth-order valence-electron chi connectivity index (χ4n) is 2.26. The lowest BCUT2D eigenvalue weighted by Gasteiger charge is -2.08. The van der Waals surface area contributed by atoms with Crippen LogP contribution in [-0.2, 0) is 16.0 Å². The number of ether oxygens (including phenoxy) is 2. The van der Waals surface area contributed by atoms with Crippen LogP contribution >= 0.6 is 0 Å². The molecule has 3 rings (SSSR count). The molecule has 6 nitrogen and oxygen atoms in total. The third-order valence-electron chi connectivity index (χ3n) is 3.23. The van der Waals surface area contributed by atoms with E-state index in [0.717, 1.165) is 36.1 Å². The van der Waals surface area contributed by atoms with Gasteiger partial charge in [0.1, 0.15) is 5.52 Å². The molecule has 1 aliphatic rings. The van der Waals surface area contributed by atoms with Gasteiger partial charge in [0.2, 0.25) is 0 Å². The summed E-state index contributed by atoms with van der Waals surface area (Å²) in [6, 6.07) is 6.05. The molecule has 19 heavy (non-hydrogen) atoms. The summed E-state index contributed by atoms with van der Waals surface area (Å²) >= 11 is 0. The molecule has 0 radical (unpaired) electrons. The predicted octanol–water partition coefficient (Wildman–Crippen LogP) is 1.09. The number of nitrogens with zero attached hydrogens (tertiary/aromatic N) is 3. The quantitative estimate of drug-likeness (QED) is 0.817. The largest absolute Gasteiger partial charge is 0.346 e. The Bertz CT molecular complexity index is 549. The number of aryl methyl sites for hydroxylation is 1. The fraction of sp³-hybridized carbons (Fsp3) is 0.538. The molecular weight excluding hydrogens is 244 g/mol. The van der Waals surface area contributed by atoms with Crippen LogP contribution in [0, 0.1) is 0 Å². The first-order chi connectivity index (χ1) is 9.38. The predicted molar refractivity (Wildman–Crippen MR) is 70.7 cm³/mol. The van der Waals surface area contributed by atoms with Crippen LogP contribution < -0.4 is 5.32 Å². The first-order valence-electron chi connectivity index (χ1n) is 6.59. The van der Waals surface area contributed by atoms with E-state index >= 15 is 0 Å². The number of hydrogen-bond donors (Lipinski definition) is 1. The topological polar surface area (TPSA) is 61.2 Å². The average Bonchev–Trinajstić information content (AvgIpc) is 3.08. The molecule has 0 saturated carbocycles. The molecule has 0 bridgehead atoms. The van der Waals surface area contributed by atoms with Gasteiger partial charge >= 0.3 is 0 Å². The first kappa shape index (κ1) is 12.5. The molecule has 0 aliphatic carbocycles. The van der Waals surface area contributed by atoms with E-state index in [4.69, 9.17) is 9.47 Å². The second kappa shape index (κ2) is 5.64. The Balaban J connectivity index is 1.80. The van der Waals surface area contributed by atoms with Crippen molar-refractivity contribution in [1.29, 1.82) is 0 Å². The van der Waals surface area contributed by atoms with Crippen molar-refractivity contribution >= 4 is 11.0 Å². The third kappa shape index (κ3) is 2.60. The third-order valence-corrected chi connectivity index (χ3v) is 3.23. The van der Waals surface area contributed by atoms with E-state index < -0.39 is 0 Å². The molecular formula is C13H18N4O2. The van der Waals surface area contributed by atoms with Crippen LogP contribution in [0.5, 0.6) is 0 Å². The summed E-state index contributed by atoms with van der Waals surface area (Å²) in [5.41, 5.74) is 2.95. The minimum Gasteiger partial charge on any atom is -0.346 e. The van der Waals surface area contributed by atoms with Crippen LogP contribution in [0.3, 0.4) is 0 Å². The molecule has 0 amide bonds. The van der Waals surface area contributed by atoms with Crippen LogP contribution in [0.15, 0.2) is 18.2 Å². The number of hydrogen-bond acceptors (Lipinski definition) is 5. The summed E-state index contributed by atoms with van der Waals surface area (Å²) in [6.45, 7) is 3.15. The first-order valence-corrected chi connectivity index (χ1v) is 6.59. The highest BCUT2D eigenvalue weighted by Gasteiger charge is 2.19. The molecule has 1 aliphatic heterocycles. The molecule has 1 fully saturated rings. The van der Waals surface area contributed by atoms with Crippen LogP contribution in [0.25, 0.3) is 11.0 Å². The summed E-state index contributed by atoms with van der Waals surface area (Å²) < 4.78 is 12.9. The number of aromatic nitrogens is 3. The molecule has 1 aromatic carbocycles. The minimum absolute atomic E-state index is 0.251. The standard InChI is InChI=1S/C13H18N4O2/c1-14-5-2-6-17-12-4-3-10(9-11(12)15-16-17)13-18-7-8-19-13/h3-4,9,13-14H,2,5-8H2,1H3. The van der Waals surface area contributed by atoms with Crippen molar-refractivity contribution in [3.8, 4) is 0 Å². The molecule has 2 heterocycles. The number of fused-ring (bicyclic) bond motifs is 1. The molecule has 6 heteroatoms. The van der Waals surface area contributed by atoms with Crippen LogP contribution in [0.4, 0.5) is 0 Å². The molecule has 0 atom stereocenters. The van der Waals surface area contributed by atoms with Crippen molar-refractivity contribution < 1.29 is 9.47 Å². The van der Waals surface area contributed by atoms with Gasteiger partial charge in [-0.2, -0.15) is 0 Å². The Morgan fingerprint density at radius 1 is 1.37 bits per heavy atom. The zero-order chi connectivity index (χ0) is 13.1. The van der Waals surface area contributed by atoms with Crippen LogP contribution in [0.1, 0.15) is 18.3 Å².